The molecule has 0 rings (SSSR count). The average molecular weight is 204 g/mol. The van der Waals surface area contributed by atoms with Crippen LogP contribution in [0.1, 0.15) is 26.7 Å². The van der Waals surface area contributed by atoms with Gasteiger partial charge in [0.1, 0.15) is 0 Å². The van der Waals surface area contributed by atoms with Gasteiger partial charge in [0.2, 0.25) is 0 Å². The summed E-state index contributed by atoms with van der Waals surface area (Å²) in [5, 5.41) is 18.6. The van der Waals surface area contributed by atoms with Crippen LogP contribution in [0.3, 0.4) is 0 Å². The number of rotatable bonds is 7. The number of carbonyl (C=O) groups is 1. The summed E-state index contributed by atoms with van der Waals surface area (Å²) in [6, 6.07) is 0. The van der Waals surface area contributed by atoms with E-state index in [1.807, 2.05) is 6.92 Å². The summed E-state index contributed by atoms with van der Waals surface area (Å²) in [7, 11) is 1.54. The smallest absolute Gasteiger partial charge is 0.309 e. The quantitative estimate of drug-likeness (QED) is 0.652. The average Bonchev–Trinajstić information content (AvgIpc) is 2.13. The molecule has 0 radical (unpaired) electrons. The molecular formula is C10H20O4. The van der Waals surface area contributed by atoms with Gasteiger partial charge in [0, 0.05) is 13.0 Å². The first-order chi connectivity index (χ1) is 6.54. The van der Waals surface area contributed by atoms with Crippen LogP contribution in [0.5, 0.6) is 0 Å². The summed E-state index contributed by atoms with van der Waals surface area (Å²) < 4.78 is 4.88. The molecule has 0 aliphatic heterocycles. The molecule has 0 amide bonds. The maximum atomic E-state index is 10.8. The summed E-state index contributed by atoms with van der Waals surface area (Å²) in [5.41, 5.74) is 0. The third-order valence-electron chi connectivity index (χ3n) is 2.34. The Morgan fingerprint density at radius 1 is 1.50 bits per heavy atom. The minimum absolute atomic E-state index is 0.146. The molecule has 0 aromatic heterocycles. The Hall–Kier alpha value is -0.610. The molecule has 3 unspecified atom stereocenters. The first-order valence-electron chi connectivity index (χ1n) is 4.94. The van der Waals surface area contributed by atoms with Gasteiger partial charge in [0.25, 0.3) is 0 Å². The fourth-order valence-electron chi connectivity index (χ4n) is 1.51. The molecule has 0 heterocycles. The monoisotopic (exact) mass is 204 g/mol. The summed E-state index contributed by atoms with van der Waals surface area (Å²) in [6.45, 7) is 4.08. The minimum Gasteiger partial charge on any atom is -0.481 e. The molecule has 0 aliphatic carbocycles. The van der Waals surface area contributed by atoms with E-state index in [1.54, 1.807) is 14.0 Å². The third kappa shape index (κ3) is 4.07. The molecule has 4 heteroatoms. The predicted molar refractivity (Wildman–Crippen MR) is 53.1 cm³/mol. The molecule has 4 nitrogen and oxygen atoms in total. The normalized spacial score (nSPS) is 17.4. The molecule has 0 spiro atoms. The highest BCUT2D eigenvalue weighted by atomic mass is 16.5. The molecular weight excluding hydrogens is 184 g/mol. The number of methoxy groups -OCH3 is 1. The Morgan fingerprint density at radius 3 is 2.43 bits per heavy atom. The van der Waals surface area contributed by atoms with E-state index in [0.29, 0.717) is 13.0 Å². The van der Waals surface area contributed by atoms with Gasteiger partial charge in [-0.2, -0.15) is 0 Å². The van der Waals surface area contributed by atoms with Crippen LogP contribution in [0, 0.1) is 11.8 Å². The van der Waals surface area contributed by atoms with Crippen molar-refractivity contribution in [2.75, 3.05) is 13.7 Å². The maximum absolute atomic E-state index is 10.8. The highest BCUT2D eigenvalue weighted by Crippen LogP contribution is 2.18. The zero-order valence-electron chi connectivity index (χ0n) is 9.06. The second-order valence-electron chi connectivity index (χ2n) is 3.66. The van der Waals surface area contributed by atoms with Gasteiger partial charge in [0.15, 0.2) is 0 Å². The molecule has 14 heavy (non-hydrogen) atoms. The Kier molecular flexibility index (Phi) is 6.49. The van der Waals surface area contributed by atoms with Crippen molar-refractivity contribution in [2.24, 2.45) is 11.8 Å². The molecule has 0 bridgehead atoms. The highest BCUT2D eigenvalue weighted by Gasteiger charge is 2.29. The van der Waals surface area contributed by atoms with Gasteiger partial charge in [-0.3, -0.25) is 4.79 Å². The number of hydrogen-bond donors (Lipinski definition) is 2. The Morgan fingerprint density at radius 2 is 2.07 bits per heavy atom. The van der Waals surface area contributed by atoms with E-state index in [4.69, 9.17) is 9.84 Å². The number of aliphatic hydroxyl groups is 1. The first kappa shape index (κ1) is 13.4. The van der Waals surface area contributed by atoms with Gasteiger partial charge in [-0.1, -0.05) is 20.3 Å². The fraction of sp³-hybridized carbons (Fsp3) is 0.900. The largest absolute Gasteiger partial charge is 0.481 e. The van der Waals surface area contributed by atoms with E-state index >= 15 is 0 Å². The van der Waals surface area contributed by atoms with E-state index < -0.39 is 18.0 Å². The highest BCUT2D eigenvalue weighted by molar-refractivity contribution is 5.70. The van der Waals surface area contributed by atoms with Crippen molar-refractivity contribution < 1.29 is 19.7 Å². The van der Waals surface area contributed by atoms with Crippen LogP contribution in [-0.2, 0) is 9.53 Å². The zero-order valence-corrected chi connectivity index (χ0v) is 9.06. The number of ether oxygens (including phenoxy) is 1. The van der Waals surface area contributed by atoms with E-state index in [2.05, 4.69) is 0 Å². The van der Waals surface area contributed by atoms with Gasteiger partial charge >= 0.3 is 5.97 Å². The number of hydrogen-bond acceptors (Lipinski definition) is 3. The molecule has 0 saturated heterocycles. The van der Waals surface area contributed by atoms with Crippen LogP contribution in [0.25, 0.3) is 0 Å². The Balaban J connectivity index is 4.26. The van der Waals surface area contributed by atoms with E-state index in [0.717, 1.165) is 6.42 Å². The lowest BCUT2D eigenvalue weighted by Gasteiger charge is -2.23. The second kappa shape index (κ2) is 6.79. The van der Waals surface area contributed by atoms with Crippen molar-refractivity contribution in [2.45, 2.75) is 32.8 Å². The maximum Gasteiger partial charge on any atom is 0.309 e. The summed E-state index contributed by atoms with van der Waals surface area (Å²) in [4.78, 5) is 10.8. The topological polar surface area (TPSA) is 66.8 Å². The van der Waals surface area contributed by atoms with Crippen LogP contribution in [0.15, 0.2) is 0 Å². The van der Waals surface area contributed by atoms with Crippen molar-refractivity contribution in [3.63, 3.8) is 0 Å². The van der Waals surface area contributed by atoms with Crippen molar-refractivity contribution in [1.82, 2.24) is 0 Å². The molecule has 0 aromatic rings. The van der Waals surface area contributed by atoms with E-state index in [9.17, 15) is 9.90 Å². The number of carboxylic acids is 1. The summed E-state index contributed by atoms with van der Waals surface area (Å²) in [5.74, 6) is -1.75. The van der Waals surface area contributed by atoms with Crippen molar-refractivity contribution in [1.29, 1.82) is 0 Å². The number of carboxylic acid groups (broad SMARTS) is 1. The molecule has 0 fully saturated rings. The van der Waals surface area contributed by atoms with Crippen LogP contribution >= 0.6 is 0 Å². The number of aliphatic hydroxyl groups excluding tert-OH is 1. The summed E-state index contributed by atoms with van der Waals surface area (Å²) >= 11 is 0. The zero-order chi connectivity index (χ0) is 11.1. The molecule has 0 aliphatic rings. The van der Waals surface area contributed by atoms with Crippen LogP contribution in [0.4, 0.5) is 0 Å². The van der Waals surface area contributed by atoms with Crippen LogP contribution in [0.2, 0.25) is 0 Å². The fourth-order valence-corrected chi connectivity index (χ4v) is 1.51. The van der Waals surface area contributed by atoms with E-state index in [-0.39, 0.29) is 5.92 Å². The Labute approximate surface area is 84.9 Å². The van der Waals surface area contributed by atoms with Gasteiger partial charge in [-0.05, 0) is 6.42 Å². The molecule has 3 atom stereocenters. The van der Waals surface area contributed by atoms with Crippen molar-refractivity contribution in [3.05, 3.63) is 0 Å². The van der Waals surface area contributed by atoms with E-state index in [1.165, 1.54) is 0 Å². The molecule has 2 N–H and O–H groups in total. The lowest BCUT2D eigenvalue weighted by atomic mass is 9.89. The lowest BCUT2D eigenvalue weighted by molar-refractivity contribution is -0.148. The first-order valence-corrected chi connectivity index (χ1v) is 4.94. The predicted octanol–water partition coefficient (Wildman–Crippen LogP) is 1.13. The van der Waals surface area contributed by atoms with Gasteiger partial charge in [-0.15, -0.1) is 0 Å². The summed E-state index contributed by atoms with van der Waals surface area (Å²) in [6.07, 6.45) is 0.436. The van der Waals surface area contributed by atoms with Crippen LogP contribution in [-0.4, -0.2) is 36.0 Å². The second-order valence-corrected chi connectivity index (χ2v) is 3.66. The van der Waals surface area contributed by atoms with Crippen molar-refractivity contribution in [3.8, 4) is 0 Å². The SMILES string of the molecule is CCCC(C(=O)O)C(O)C(C)COC. The molecule has 0 saturated carbocycles. The van der Waals surface area contributed by atoms with Crippen LogP contribution < -0.4 is 0 Å². The van der Waals surface area contributed by atoms with Crippen molar-refractivity contribution >= 4 is 5.97 Å². The van der Waals surface area contributed by atoms with Gasteiger partial charge in [0.05, 0.1) is 18.6 Å². The minimum atomic E-state index is -0.928. The van der Waals surface area contributed by atoms with Gasteiger partial charge in [-0.25, -0.2) is 0 Å². The standard InChI is InChI=1S/C10H20O4/c1-4-5-8(10(12)13)9(11)7(2)6-14-3/h7-9,11H,4-6H2,1-3H3,(H,12,13). The molecule has 84 valence electrons. The lowest BCUT2D eigenvalue weighted by Crippen LogP contribution is -2.35. The third-order valence-corrected chi connectivity index (χ3v) is 2.34. The van der Waals surface area contributed by atoms with Gasteiger partial charge < -0.3 is 14.9 Å². The Bertz CT molecular complexity index is 170. The number of aliphatic carboxylic acids is 1. The molecule has 0 aromatic carbocycles.